The molecule has 4 rings (SSSR count). The first kappa shape index (κ1) is 25.1. The van der Waals surface area contributed by atoms with Crippen LogP contribution < -0.4 is 4.74 Å². The lowest BCUT2D eigenvalue weighted by molar-refractivity contribution is 0.0498. The first-order chi connectivity index (χ1) is 16.2. The summed E-state index contributed by atoms with van der Waals surface area (Å²) in [5.41, 5.74) is 1.81. The normalized spacial score (nSPS) is 18.3. The van der Waals surface area contributed by atoms with Gasteiger partial charge in [0.2, 0.25) is 0 Å². The van der Waals surface area contributed by atoms with Crippen LogP contribution in [0.2, 0.25) is 10.0 Å². The average Bonchev–Trinajstić information content (AvgIpc) is 3.40. The number of hydrogen-bond donors (Lipinski definition) is 1. The zero-order valence-electron chi connectivity index (χ0n) is 18.8. The molecule has 6 nitrogen and oxygen atoms in total. The van der Waals surface area contributed by atoms with E-state index in [1.54, 1.807) is 18.2 Å². The molecule has 0 amide bonds. The minimum Gasteiger partial charge on any atom is -0.491 e. The van der Waals surface area contributed by atoms with Crippen molar-refractivity contribution >= 4 is 33.0 Å². The number of furan rings is 1. The van der Waals surface area contributed by atoms with Crippen LogP contribution >= 0.6 is 23.2 Å². The summed E-state index contributed by atoms with van der Waals surface area (Å²) in [6, 6.07) is 16.2. The van der Waals surface area contributed by atoms with Gasteiger partial charge in [-0.25, -0.2) is 8.42 Å². The van der Waals surface area contributed by atoms with Crippen LogP contribution in [-0.2, 0) is 16.4 Å². The predicted octanol–water partition coefficient (Wildman–Crippen LogP) is 4.99. The van der Waals surface area contributed by atoms with Gasteiger partial charge in [0, 0.05) is 23.2 Å². The molecule has 0 saturated carbocycles. The number of rotatable bonds is 9. The monoisotopic (exact) mass is 523 g/mol. The predicted molar refractivity (Wildman–Crippen MR) is 134 cm³/mol. The van der Waals surface area contributed by atoms with Crippen molar-refractivity contribution in [3.8, 4) is 17.1 Å². The Morgan fingerprint density at radius 2 is 1.91 bits per heavy atom. The zero-order chi connectivity index (χ0) is 24.3. The number of benzene rings is 2. The minimum atomic E-state index is -3.09. The van der Waals surface area contributed by atoms with Gasteiger partial charge < -0.3 is 14.3 Å². The van der Waals surface area contributed by atoms with Crippen LogP contribution in [-0.4, -0.2) is 55.2 Å². The lowest BCUT2D eigenvalue weighted by atomic mass is 10.2. The minimum absolute atomic E-state index is 0.0617. The van der Waals surface area contributed by atoms with Gasteiger partial charge >= 0.3 is 0 Å². The van der Waals surface area contributed by atoms with E-state index in [0.717, 1.165) is 5.56 Å². The van der Waals surface area contributed by atoms with E-state index in [2.05, 4.69) is 0 Å². The molecule has 0 radical (unpaired) electrons. The van der Waals surface area contributed by atoms with Crippen molar-refractivity contribution in [3.63, 3.8) is 0 Å². The molecular formula is C25H27Cl2NO5S. The molecule has 0 aliphatic carbocycles. The fourth-order valence-corrected chi connectivity index (χ4v) is 6.19. The van der Waals surface area contributed by atoms with Crippen LogP contribution in [0.3, 0.4) is 0 Å². The molecule has 1 aliphatic rings. The Morgan fingerprint density at radius 3 is 2.62 bits per heavy atom. The van der Waals surface area contributed by atoms with Crippen molar-refractivity contribution in [1.29, 1.82) is 0 Å². The number of ether oxygens (including phenoxy) is 1. The second-order valence-electron chi connectivity index (χ2n) is 8.65. The van der Waals surface area contributed by atoms with Gasteiger partial charge in [-0.3, -0.25) is 4.90 Å². The van der Waals surface area contributed by atoms with Crippen molar-refractivity contribution in [3.05, 3.63) is 76.0 Å². The molecule has 1 saturated heterocycles. The summed E-state index contributed by atoms with van der Waals surface area (Å²) in [7, 11) is -3.09. The van der Waals surface area contributed by atoms with E-state index in [1.165, 1.54) is 0 Å². The highest BCUT2D eigenvalue weighted by Gasteiger charge is 2.33. The van der Waals surface area contributed by atoms with Gasteiger partial charge in [-0.2, -0.15) is 0 Å². The van der Waals surface area contributed by atoms with Crippen LogP contribution in [0, 0.1) is 6.92 Å². The molecule has 1 fully saturated rings. The number of nitrogens with zero attached hydrogens (tertiary/aromatic N) is 1. The summed E-state index contributed by atoms with van der Waals surface area (Å²) in [6.45, 7) is 2.69. The summed E-state index contributed by atoms with van der Waals surface area (Å²) in [4.78, 5) is 1.95. The number of aliphatic hydroxyl groups is 1. The van der Waals surface area contributed by atoms with E-state index in [0.29, 0.717) is 45.8 Å². The SMILES string of the molecule is Cc1ccc(OCC(O)CN(Cc2ccc(-c3cc(Cl)ccc3Cl)o2)C2CCS(=O)(=O)C2)cc1. The summed E-state index contributed by atoms with van der Waals surface area (Å²) in [6.07, 6.45) is -0.289. The molecule has 3 aromatic rings. The fourth-order valence-electron chi connectivity index (χ4n) is 4.05. The van der Waals surface area contributed by atoms with Crippen LogP contribution in [0.5, 0.6) is 5.75 Å². The zero-order valence-corrected chi connectivity index (χ0v) is 21.1. The number of hydrogen-bond acceptors (Lipinski definition) is 6. The van der Waals surface area contributed by atoms with E-state index in [1.807, 2.05) is 48.2 Å². The van der Waals surface area contributed by atoms with E-state index in [-0.39, 0.29) is 30.7 Å². The number of aryl methyl sites for hydroxylation is 1. The molecule has 9 heteroatoms. The van der Waals surface area contributed by atoms with Gasteiger partial charge in [0.1, 0.15) is 30.0 Å². The Labute approximate surface area is 210 Å². The van der Waals surface area contributed by atoms with Gasteiger partial charge in [0.05, 0.1) is 23.1 Å². The molecule has 2 aromatic carbocycles. The standard InChI is InChI=1S/C25H27Cl2NO5S/c1-17-2-5-21(6-3-17)32-15-20(29)13-28(19-10-11-34(30,31)16-19)14-22-7-9-25(33-22)23-12-18(26)4-8-24(23)27/h2-9,12,19-20,29H,10-11,13-16H2,1H3. The second-order valence-corrected chi connectivity index (χ2v) is 11.7. The Morgan fingerprint density at radius 1 is 1.15 bits per heavy atom. The Balaban J connectivity index is 1.46. The molecular weight excluding hydrogens is 497 g/mol. The summed E-state index contributed by atoms with van der Waals surface area (Å²) >= 11 is 12.4. The molecule has 1 N–H and O–H groups in total. The molecule has 1 aromatic heterocycles. The largest absolute Gasteiger partial charge is 0.491 e. The highest BCUT2D eigenvalue weighted by Crippen LogP contribution is 2.32. The summed E-state index contributed by atoms with van der Waals surface area (Å²) < 4.78 is 36.0. The summed E-state index contributed by atoms with van der Waals surface area (Å²) in [5.74, 6) is 2.10. The van der Waals surface area contributed by atoms with Crippen molar-refractivity contribution in [2.45, 2.75) is 32.0 Å². The molecule has 2 unspecified atom stereocenters. The third-order valence-electron chi connectivity index (χ3n) is 5.85. The third kappa shape index (κ3) is 6.55. The first-order valence-electron chi connectivity index (χ1n) is 11.0. The molecule has 0 spiro atoms. The van der Waals surface area contributed by atoms with Crippen molar-refractivity contribution in [1.82, 2.24) is 4.90 Å². The quantitative estimate of drug-likeness (QED) is 0.425. The second kappa shape index (κ2) is 10.7. The lowest BCUT2D eigenvalue weighted by Gasteiger charge is -2.29. The Hall–Kier alpha value is -2.03. The van der Waals surface area contributed by atoms with Crippen LogP contribution in [0.1, 0.15) is 17.7 Å². The van der Waals surface area contributed by atoms with Crippen molar-refractivity contribution in [2.24, 2.45) is 0 Å². The third-order valence-corrected chi connectivity index (χ3v) is 8.16. The maximum absolute atomic E-state index is 12.1. The van der Waals surface area contributed by atoms with E-state index < -0.39 is 15.9 Å². The lowest BCUT2D eigenvalue weighted by Crippen LogP contribution is -2.42. The van der Waals surface area contributed by atoms with E-state index >= 15 is 0 Å². The van der Waals surface area contributed by atoms with E-state index in [4.69, 9.17) is 32.4 Å². The topological polar surface area (TPSA) is 80.0 Å². The Kier molecular flexibility index (Phi) is 7.90. The van der Waals surface area contributed by atoms with Crippen molar-refractivity contribution < 1.29 is 22.7 Å². The van der Waals surface area contributed by atoms with Crippen LogP contribution in [0.25, 0.3) is 11.3 Å². The number of halogens is 2. The van der Waals surface area contributed by atoms with E-state index in [9.17, 15) is 13.5 Å². The molecule has 34 heavy (non-hydrogen) atoms. The molecule has 2 heterocycles. The first-order valence-corrected chi connectivity index (χ1v) is 13.6. The number of sulfone groups is 1. The van der Waals surface area contributed by atoms with Gasteiger partial charge in [-0.1, -0.05) is 40.9 Å². The van der Waals surface area contributed by atoms with Gasteiger partial charge in [-0.05, 0) is 55.8 Å². The van der Waals surface area contributed by atoms with Gasteiger partial charge in [0.15, 0.2) is 9.84 Å². The van der Waals surface area contributed by atoms with Crippen LogP contribution in [0.15, 0.2) is 59.0 Å². The number of aliphatic hydroxyl groups excluding tert-OH is 1. The highest BCUT2D eigenvalue weighted by atomic mass is 35.5. The van der Waals surface area contributed by atoms with Crippen molar-refractivity contribution in [2.75, 3.05) is 24.7 Å². The smallest absolute Gasteiger partial charge is 0.151 e. The molecule has 1 aliphatic heterocycles. The average molecular weight is 524 g/mol. The summed E-state index contributed by atoms with van der Waals surface area (Å²) in [5, 5.41) is 11.7. The Bertz CT molecular complexity index is 1230. The van der Waals surface area contributed by atoms with Gasteiger partial charge in [-0.15, -0.1) is 0 Å². The maximum Gasteiger partial charge on any atom is 0.151 e. The van der Waals surface area contributed by atoms with Crippen LogP contribution in [0.4, 0.5) is 0 Å². The molecule has 2 atom stereocenters. The molecule has 0 bridgehead atoms. The molecule has 182 valence electrons. The van der Waals surface area contributed by atoms with Gasteiger partial charge in [0.25, 0.3) is 0 Å². The highest BCUT2D eigenvalue weighted by molar-refractivity contribution is 7.91. The fraction of sp³-hybridized carbons (Fsp3) is 0.360. The maximum atomic E-state index is 12.1.